The summed E-state index contributed by atoms with van der Waals surface area (Å²) in [5, 5.41) is 6.04. The van der Waals surface area contributed by atoms with Crippen molar-refractivity contribution >= 4 is 39.0 Å². The van der Waals surface area contributed by atoms with E-state index in [1.54, 1.807) is 26.4 Å². The topological polar surface area (TPSA) is 86.0 Å². The number of rotatable bonds is 6. The van der Waals surface area contributed by atoms with Gasteiger partial charge in [0.2, 0.25) is 5.55 Å². The van der Waals surface area contributed by atoms with Crippen LogP contribution in [0, 0.1) is 0 Å². The minimum Gasteiger partial charge on any atom is -0.497 e. The maximum Gasteiger partial charge on any atom is 0.262 e. The Hall–Kier alpha value is -4.43. The summed E-state index contributed by atoms with van der Waals surface area (Å²) in [5.41, 5.74) is 3.42. The second kappa shape index (κ2) is 9.82. The van der Waals surface area contributed by atoms with E-state index in [4.69, 9.17) is 13.9 Å². The average molecular weight is 484 g/mol. The molecule has 3 aromatic carbocycles. The van der Waals surface area contributed by atoms with E-state index in [0.717, 1.165) is 22.4 Å². The van der Waals surface area contributed by atoms with Crippen LogP contribution in [0.15, 0.2) is 93.7 Å². The molecule has 0 atom stereocenters. The number of methoxy groups -OCH3 is 2. The third kappa shape index (κ3) is 4.92. The number of fused-ring (bicyclic) bond motifs is 1. The normalized spacial score (nSPS) is 11.4. The fraction of sp³-hybridized carbons (Fsp3) is 0.0741. The van der Waals surface area contributed by atoms with Crippen molar-refractivity contribution in [1.82, 2.24) is 4.98 Å². The summed E-state index contributed by atoms with van der Waals surface area (Å²) in [5.74, 6) is 1.06. The van der Waals surface area contributed by atoms with E-state index >= 15 is 0 Å². The smallest absolute Gasteiger partial charge is 0.262 e. The molecular formula is C27H21N3O4S. The third-order valence-electron chi connectivity index (χ3n) is 5.29. The van der Waals surface area contributed by atoms with Gasteiger partial charge < -0.3 is 13.9 Å². The number of benzene rings is 3. The van der Waals surface area contributed by atoms with Crippen LogP contribution in [0.2, 0.25) is 0 Å². The maximum absolute atomic E-state index is 13.3. The maximum atomic E-state index is 13.3. The Labute approximate surface area is 205 Å². The first-order valence-electron chi connectivity index (χ1n) is 10.8. The Balaban J connectivity index is 1.50. The molecule has 0 saturated heterocycles. The SMILES string of the molecule is COc1ccc(-c2csc(NC(=O)c3cc4ccccc4oc3=Nc3cccc(OC)c3)n2)cc1. The van der Waals surface area contributed by atoms with Crippen LogP contribution in [-0.2, 0) is 0 Å². The van der Waals surface area contributed by atoms with Crippen LogP contribution in [-0.4, -0.2) is 25.1 Å². The highest BCUT2D eigenvalue weighted by atomic mass is 32.1. The molecule has 1 N–H and O–H groups in total. The molecule has 2 aromatic heterocycles. The molecule has 0 spiro atoms. The van der Waals surface area contributed by atoms with Gasteiger partial charge in [-0.3, -0.25) is 10.1 Å². The molecule has 0 fully saturated rings. The van der Waals surface area contributed by atoms with Crippen molar-refractivity contribution in [2.24, 2.45) is 4.99 Å². The monoisotopic (exact) mass is 483 g/mol. The van der Waals surface area contributed by atoms with Gasteiger partial charge in [0.25, 0.3) is 5.91 Å². The lowest BCUT2D eigenvalue weighted by Gasteiger charge is -2.05. The highest BCUT2D eigenvalue weighted by molar-refractivity contribution is 7.14. The van der Waals surface area contributed by atoms with Crippen molar-refractivity contribution in [3.8, 4) is 22.8 Å². The quantitative estimate of drug-likeness (QED) is 0.317. The summed E-state index contributed by atoms with van der Waals surface area (Å²) in [6, 6.07) is 24.1. The molecular weight excluding hydrogens is 462 g/mol. The molecule has 35 heavy (non-hydrogen) atoms. The van der Waals surface area contributed by atoms with Gasteiger partial charge in [-0.25, -0.2) is 9.98 Å². The lowest BCUT2D eigenvalue weighted by molar-refractivity contribution is 0.102. The number of nitrogens with one attached hydrogen (secondary N) is 1. The predicted octanol–water partition coefficient (Wildman–Crippen LogP) is 6.06. The van der Waals surface area contributed by atoms with Gasteiger partial charge in [-0.1, -0.05) is 24.3 Å². The van der Waals surface area contributed by atoms with Gasteiger partial charge in [0.1, 0.15) is 22.6 Å². The zero-order chi connectivity index (χ0) is 24.2. The van der Waals surface area contributed by atoms with E-state index in [0.29, 0.717) is 27.7 Å². The van der Waals surface area contributed by atoms with Gasteiger partial charge >= 0.3 is 0 Å². The van der Waals surface area contributed by atoms with E-state index in [9.17, 15) is 4.79 Å². The highest BCUT2D eigenvalue weighted by Crippen LogP contribution is 2.27. The number of para-hydroxylation sites is 1. The summed E-state index contributed by atoms with van der Waals surface area (Å²) >= 11 is 1.34. The molecule has 0 radical (unpaired) electrons. The van der Waals surface area contributed by atoms with Crippen molar-refractivity contribution in [2.45, 2.75) is 0 Å². The van der Waals surface area contributed by atoms with Gasteiger partial charge in [-0.2, -0.15) is 0 Å². The third-order valence-corrected chi connectivity index (χ3v) is 6.05. The molecule has 0 unspecified atom stereocenters. The minimum absolute atomic E-state index is 0.196. The van der Waals surface area contributed by atoms with Crippen LogP contribution in [0.1, 0.15) is 10.4 Å². The van der Waals surface area contributed by atoms with Crippen LogP contribution in [0.25, 0.3) is 22.2 Å². The number of thiazole rings is 1. The van der Waals surface area contributed by atoms with Crippen molar-refractivity contribution in [1.29, 1.82) is 0 Å². The lowest BCUT2D eigenvalue weighted by atomic mass is 10.1. The lowest BCUT2D eigenvalue weighted by Crippen LogP contribution is -2.21. The Morgan fingerprint density at radius 2 is 1.74 bits per heavy atom. The minimum atomic E-state index is -0.364. The second-order valence-corrected chi connectivity index (χ2v) is 8.39. The molecule has 8 heteroatoms. The fourth-order valence-corrected chi connectivity index (χ4v) is 4.22. The highest BCUT2D eigenvalue weighted by Gasteiger charge is 2.15. The molecule has 5 aromatic rings. The molecule has 5 rings (SSSR count). The van der Waals surface area contributed by atoms with Crippen LogP contribution < -0.4 is 20.3 Å². The number of ether oxygens (including phenoxy) is 2. The summed E-state index contributed by atoms with van der Waals surface area (Å²) in [7, 11) is 3.21. The van der Waals surface area contributed by atoms with Gasteiger partial charge in [-0.15, -0.1) is 11.3 Å². The van der Waals surface area contributed by atoms with Gasteiger partial charge in [0, 0.05) is 22.4 Å². The van der Waals surface area contributed by atoms with Crippen LogP contribution in [0.4, 0.5) is 10.8 Å². The van der Waals surface area contributed by atoms with E-state index in [1.807, 2.05) is 72.1 Å². The largest absolute Gasteiger partial charge is 0.497 e. The zero-order valence-corrected chi connectivity index (χ0v) is 19.8. The number of anilines is 1. The molecule has 0 aliphatic carbocycles. The first-order valence-corrected chi connectivity index (χ1v) is 11.6. The number of hydrogen-bond donors (Lipinski definition) is 1. The number of carbonyl (C=O) groups is 1. The summed E-state index contributed by atoms with van der Waals surface area (Å²) in [6.45, 7) is 0. The van der Waals surface area contributed by atoms with E-state index in [-0.39, 0.29) is 11.5 Å². The number of amides is 1. The first-order chi connectivity index (χ1) is 17.1. The molecule has 1 amide bonds. The molecule has 0 aliphatic heterocycles. The van der Waals surface area contributed by atoms with Gasteiger partial charge in [0.15, 0.2) is 5.13 Å². The van der Waals surface area contributed by atoms with Gasteiger partial charge in [0.05, 0.1) is 25.6 Å². The summed E-state index contributed by atoms with van der Waals surface area (Å²) < 4.78 is 16.5. The number of hydrogen-bond acceptors (Lipinski definition) is 7. The van der Waals surface area contributed by atoms with E-state index in [1.165, 1.54) is 11.3 Å². The van der Waals surface area contributed by atoms with Crippen LogP contribution in [0.3, 0.4) is 0 Å². The molecule has 174 valence electrons. The number of carbonyl (C=O) groups excluding carboxylic acids is 1. The summed E-state index contributed by atoms with van der Waals surface area (Å²) in [6.07, 6.45) is 0. The van der Waals surface area contributed by atoms with Crippen LogP contribution in [0.5, 0.6) is 11.5 Å². The van der Waals surface area contributed by atoms with Crippen molar-refractivity contribution < 1.29 is 18.7 Å². The Morgan fingerprint density at radius 1 is 0.943 bits per heavy atom. The first kappa shape index (κ1) is 22.4. The van der Waals surface area contributed by atoms with Gasteiger partial charge in [-0.05, 0) is 48.5 Å². The van der Waals surface area contributed by atoms with E-state index in [2.05, 4.69) is 15.3 Å². The zero-order valence-electron chi connectivity index (χ0n) is 19.0. The molecule has 0 saturated carbocycles. The van der Waals surface area contributed by atoms with E-state index < -0.39 is 0 Å². The standard InChI is InChI=1S/C27H21N3O4S/c1-32-20-12-10-17(11-13-20)23-16-35-27(29-23)30-25(31)22-14-18-6-3-4-9-24(18)34-26(22)28-19-7-5-8-21(15-19)33-2/h3-16H,1-2H3,(H,29,30,31). The molecule has 0 aliphatic rings. The summed E-state index contributed by atoms with van der Waals surface area (Å²) in [4.78, 5) is 22.5. The second-order valence-electron chi connectivity index (χ2n) is 7.54. The average Bonchev–Trinajstić information content (AvgIpc) is 3.36. The Morgan fingerprint density at radius 3 is 2.54 bits per heavy atom. The Bertz CT molecular complexity index is 1570. The molecule has 0 bridgehead atoms. The van der Waals surface area contributed by atoms with Crippen molar-refractivity contribution in [3.05, 3.63) is 95.4 Å². The predicted molar refractivity (Wildman–Crippen MR) is 136 cm³/mol. The number of nitrogens with zero attached hydrogens (tertiary/aromatic N) is 2. The van der Waals surface area contributed by atoms with Crippen molar-refractivity contribution in [3.63, 3.8) is 0 Å². The molecule has 7 nitrogen and oxygen atoms in total. The van der Waals surface area contributed by atoms with Crippen LogP contribution >= 0.6 is 11.3 Å². The Kier molecular flexibility index (Phi) is 6.28. The number of aromatic nitrogens is 1. The van der Waals surface area contributed by atoms with Crippen molar-refractivity contribution in [2.75, 3.05) is 19.5 Å². The fourth-order valence-electron chi connectivity index (χ4n) is 3.50. The molecule has 2 heterocycles.